The number of unbranched alkanes of at least 4 members (excludes halogenated alkanes) is 2. The molecule has 1 aromatic carbocycles. The summed E-state index contributed by atoms with van der Waals surface area (Å²) in [5, 5.41) is 4.86. The lowest BCUT2D eigenvalue weighted by atomic mass is 10.0. The van der Waals surface area contributed by atoms with Gasteiger partial charge in [0, 0.05) is 25.5 Å². The summed E-state index contributed by atoms with van der Waals surface area (Å²) in [5.41, 5.74) is 0.365. The lowest BCUT2D eigenvalue weighted by molar-refractivity contribution is -0.139. The molecule has 2 heterocycles. The Hall–Kier alpha value is -3.90. The van der Waals surface area contributed by atoms with E-state index in [1.165, 1.54) is 12.1 Å². The number of benzene rings is 1. The molecule has 0 bridgehead atoms. The van der Waals surface area contributed by atoms with Gasteiger partial charge >= 0.3 is 5.97 Å². The van der Waals surface area contributed by atoms with Gasteiger partial charge in [-0.3, -0.25) is 34.2 Å². The van der Waals surface area contributed by atoms with Crippen LogP contribution in [0, 0.1) is 0 Å². The summed E-state index contributed by atoms with van der Waals surface area (Å²) in [7, 11) is 0. The van der Waals surface area contributed by atoms with E-state index in [-0.39, 0.29) is 55.2 Å². The van der Waals surface area contributed by atoms with Gasteiger partial charge in [-0.25, -0.2) is 4.79 Å². The Morgan fingerprint density at radius 3 is 2.47 bits per heavy atom. The minimum Gasteiger partial charge on any atom is -0.460 e. The largest absolute Gasteiger partial charge is 0.460 e. The molecule has 12 heteroatoms. The Morgan fingerprint density at radius 1 is 1.00 bits per heavy atom. The first-order chi connectivity index (χ1) is 18.3. The van der Waals surface area contributed by atoms with Crippen molar-refractivity contribution in [3.05, 3.63) is 42.0 Å². The summed E-state index contributed by atoms with van der Waals surface area (Å²) in [4.78, 5) is 73.8. The zero-order valence-electron chi connectivity index (χ0n) is 21.0. The van der Waals surface area contributed by atoms with Crippen LogP contribution in [0.3, 0.4) is 0 Å². The van der Waals surface area contributed by atoms with E-state index < -0.39 is 35.6 Å². The molecule has 0 spiro atoms. The molecule has 1 aromatic rings. The number of nitrogens with one attached hydrogen (secondary N) is 2. The molecule has 0 saturated carbocycles. The second kappa shape index (κ2) is 14.1. The lowest BCUT2D eigenvalue weighted by Gasteiger charge is -2.27. The molecule has 1 unspecified atom stereocenters. The van der Waals surface area contributed by atoms with Crippen molar-refractivity contribution in [2.75, 3.05) is 38.4 Å². The molecular weight excluding hydrogens is 498 g/mol. The van der Waals surface area contributed by atoms with Gasteiger partial charge in [-0.1, -0.05) is 19.1 Å². The van der Waals surface area contributed by atoms with E-state index in [2.05, 4.69) is 17.2 Å². The number of piperidine rings is 1. The SMILES string of the molecule is C=CC(=O)OCCOCCOCCCCCC(=O)Nc1cccc2c1C(=O)N(C1CCC(=O)NC1=O)C2=O. The summed E-state index contributed by atoms with van der Waals surface area (Å²) in [6.07, 6.45) is 3.49. The quantitative estimate of drug-likeness (QED) is 0.148. The molecule has 0 aliphatic carbocycles. The van der Waals surface area contributed by atoms with Crippen LogP contribution in [-0.2, 0) is 33.4 Å². The number of ether oxygens (including phenoxy) is 3. The number of imide groups is 2. The summed E-state index contributed by atoms with van der Waals surface area (Å²) in [5.74, 6) is -3.23. The average Bonchev–Trinajstić information content (AvgIpc) is 3.15. The van der Waals surface area contributed by atoms with Crippen molar-refractivity contribution in [3.63, 3.8) is 0 Å². The van der Waals surface area contributed by atoms with Crippen molar-refractivity contribution < 1.29 is 43.0 Å². The molecule has 3 rings (SSSR count). The van der Waals surface area contributed by atoms with E-state index >= 15 is 0 Å². The Balaban J connectivity index is 1.36. The third-order valence-corrected chi connectivity index (χ3v) is 5.95. The smallest absolute Gasteiger partial charge is 0.330 e. The fourth-order valence-corrected chi connectivity index (χ4v) is 4.08. The molecule has 38 heavy (non-hydrogen) atoms. The van der Waals surface area contributed by atoms with Gasteiger partial charge in [-0.15, -0.1) is 0 Å². The van der Waals surface area contributed by atoms with Crippen molar-refractivity contribution >= 4 is 41.2 Å². The number of hydrogen-bond acceptors (Lipinski definition) is 9. The number of nitrogens with zero attached hydrogens (tertiary/aromatic N) is 1. The van der Waals surface area contributed by atoms with E-state index in [4.69, 9.17) is 14.2 Å². The molecule has 0 aromatic heterocycles. The zero-order valence-corrected chi connectivity index (χ0v) is 21.0. The number of esters is 1. The summed E-state index contributed by atoms with van der Waals surface area (Å²) < 4.78 is 15.5. The van der Waals surface area contributed by atoms with Crippen LogP contribution < -0.4 is 10.6 Å². The van der Waals surface area contributed by atoms with Crippen LogP contribution in [-0.4, -0.2) is 79.5 Å². The molecule has 0 radical (unpaired) electrons. The van der Waals surface area contributed by atoms with Gasteiger partial charge in [0.05, 0.1) is 36.6 Å². The number of fused-ring (bicyclic) bond motifs is 1. The number of anilines is 1. The monoisotopic (exact) mass is 529 g/mol. The van der Waals surface area contributed by atoms with Gasteiger partial charge < -0.3 is 19.5 Å². The first kappa shape index (κ1) is 28.7. The second-order valence-corrected chi connectivity index (χ2v) is 8.63. The number of rotatable bonds is 15. The normalized spacial score (nSPS) is 16.7. The first-order valence-electron chi connectivity index (χ1n) is 12.4. The standard InChI is InChI=1S/C26H31N3O9/c1-2-22(32)38-16-15-37-14-13-36-12-5-3-4-9-20(30)27-18-8-6-7-17-23(18)26(35)29(25(17)34)19-10-11-21(31)28-24(19)33/h2,6-8,19H,1,3-5,9-16H2,(H,27,30)(H,28,31,33). The van der Waals surface area contributed by atoms with Crippen molar-refractivity contribution in [1.29, 1.82) is 0 Å². The lowest BCUT2D eigenvalue weighted by Crippen LogP contribution is -2.54. The highest BCUT2D eigenvalue weighted by atomic mass is 16.6. The fraction of sp³-hybridized carbons (Fsp3) is 0.462. The molecule has 12 nitrogen and oxygen atoms in total. The van der Waals surface area contributed by atoms with E-state index in [1.54, 1.807) is 6.07 Å². The molecule has 1 atom stereocenters. The number of amides is 5. The van der Waals surface area contributed by atoms with E-state index in [9.17, 15) is 28.8 Å². The second-order valence-electron chi connectivity index (χ2n) is 8.63. The molecule has 1 fully saturated rings. The predicted octanol–water partition coefficient (Wildman–Crippen LogP) is 1.35. The van der Waals surface area contributed by atoms with E-state index in [1.807, 2.05) is 0 Å². The van der Waals surface area contributed by atoms with Gasteiger partial charge in [0.25, 0.3) is 11.8 Å². The van der Waals surface area contributed by atoms with Gasteiger partial charge in [-0.05, 0) is 31.4 Å². The molecule has 1 saturated heterocycles. The summed E-state index contributed by atoms with van der Waals surface area (Å²) in [6.45, 7) is 5.01. The van der Waals surface area contributed by atoms with Crippen LogP contribution in [0.15, 0.2) is 30.9 Å². The summed E-state index contributed by atoms with van der Waals surface area (Å²) in [6, 6.07) is 3.50. The third-order valence-electron chi connectivity index (χ3n) is 5.95. The average molecular weight is 530 g/mol. The van der Waals surface area contributed by atoms with Crippen molar-refractivity contribution in [2.24, 2.45) is 0 Å². The van der Waals surface area contributed by atoms with Crippen molar-refractivity contribution in [2.45, 2.75) is 44.6 Å². The van der Waals surface area contributed by atoms with Crippen LogP contribution in [0.2, 0.25) is 0 Å². The minimum atomic E-state index is -1.07. The molecule has 2 N–H and O–H groups in total. The maximum absolute atomic E-state index is 13.1. The molecule has 2 aliphatic heterocycles. The molecule has 2 aliphatic rings. The number of hydrogen-bond donors (Lipinski definition) is 2. The molecule has 5 amide bonds. The zero-order chi connectivity index (χ0) is 27.5. The maximum Gasteiger partial charge on any atom is 0.330 e. The Kier molecular flexibility index (Phi) is 10.7. The van der Waals surface area contributed by atoms with Crippen LogP contribution in [0.5, 0.6) is 0 Å². The van der Waals surface area contributed by atoms with E-state index in [0.29, 0.717) is 26.2 Å². The Bertz CT molecular complexity index is 1100. The maximum atomic E-state index is 13.1. The highest BCUT2D eigenvalue weighted by Crippen LogP contribution is 2.32. The minimum absolute atomic E-state index is 0.0290. The van der Waals surface area contributed by atoms with Gasteiger partial charge in [0.1, 0.15) is 12.6 Å². The number of carbonyl (C=O) groups is 6. The third kappa shape index (κ3) is 7.56. The van der Waals surface area contributed by atoms with Crippen LogP contribution >= 0.6 is 0 Å². The van der Waals surface area contributed by atoms with Crippen LogP contribution in [0.4, 0.5) is 5.69 Å². The topological polar surface area (TPSA) is 157 Å². The van der Waals surface area contributed by atoms with Gasteiger partial charge in [-0.2, -0.15) is 0 Å². The predicted molar refractivity (Wildman–Crippen MR) is 133 cm³/mol. The molecule has 204 valence electrons. The fourth-order valence-electron chi connectivity index (χ4n) is 4.08. The van der Waals surface area contributed by atoms with Crippen LogP contribution in [0.1, 0.15) is 59.2 Å². The van der Waals surface area contributed by atoms with Gasteiger partial charge in [0.2, 0.25) is 17.7 Å². The van der Waals surface area contributed by atoms with Gasteiger partial charge in [0.15, 0.2) is 0 Å². The Morgan fingerprint density at radius 2 is 1.74 bits per heavy atom. The first-order valence-corrected chi connectivity index (χ1v) is 12.4. The number of carbonyl (C=O) groups excluding carboxylic acids is 6. The van der Waals surface area contributed by atoms with E-state index in [0.717, 1.165) is 23.8 Å². The highest BCUT2D eigenvalue weighted by molar-refractivity contribution is 6.26. The van der Waals surface area contributed by atoms with Crippen LogP contribution in [0.25, 0.3) is 0 Å². The van der Waals surface area contributed by atoms with Crippen molar-refractivity contribution in [1.82, 2.24) is 10.2 Å². The Labute approximate surface area is 219 Å². The highest BCUT2D eigenvalue weighted by Gasteiger charge is 2.45. The molecular formula is C26H31N3O9. The van der Waals surface area contributed by atoms with Crippen molar-refractivity contribution in [3.8, 4) is 0 Å². The summed E-state index contributed by atoms with van der Waals surface area (Å²) >= 11 is 0.